The predicted molar refractivity (Wildman–Crippen MR) is 98.0 cm³/mol. The maximum Gasteiger partial charge on any atom is 0.416 e. The number of hydrogen-bond acceptors (Lipinski definition) is 4. The third-order valence-electron chi connectivity index (χ3n) is 3.09. The van der Waals surface area contributed by atoms with Crippen molar-refractivity contribution in [2.45, 2.75) is 6.18 Å². The van der Waals surface area contributed by atoms with Crippen LogP contribution in [0.2, 0.25) is 0 Å². The Morgan fingerprint density at radius 3 is 2.67 bits per heavy atom. The Kier molecular flexibility index (Phi) is 6.72. The van der Waals surface area contributed by atoms with Crippen LogP contribution in [0, 0.1) is 0 Å². The van der Waals surface area contributed by atoms with Gasteiger partial charge in [0, 0.05) is 11.3 Å². The van der Waals surface area contributed by atoms with Crippen LogP contribution < -0.4 is 15.5 Å². The molecule has 0 saturated carbocycles. The molecule has 0 bridgehead atoms. The number of aliphatic carboxylic acids is 1. The second-order valence-electron chi connectivity index (χ2n) is 5.12. The van der Waals surface area contributed by atoms with Crippen LogP contribution in [0.5, 0.6) is 5.75 Å². The number of hydrogen-bond donors (Lipinski definition) is 3. The number of anilines is 1. The fraction of sp³-hybridized carbons (Fsp3) is 0.118. The Morgan fingerprint density at radius 2 is 1.96 bits per heavy atom. The van der Waals surface area contributed by atoms with Crippen LogP contribution in [0.25, 0.3) is 0 Å². The van der Waals surface area contributed by atoms with Crippen LogP contribution in [0.3, 0.4) is 0 Å². The maximum atomic E-state index is 12.7. The lowest BCUT2D eigenvalue weighted by atomic mass is 10.2. The number of carboxylic acid groups (broad SMARTS) is 1. The van der Waals surface area contributed by atoms with E-state index in [4.69, 9.17) is 22.1 Å². The summed E-state index contributed by atoms with van der Waals surface area (Å²) in [5, 5.41) is 15.1. The fourth-order valence-corrected chi connectivity index (χ4v) is 2.12. The molecule has 2 rings (SSSR count). The first-order chi connectivity index (χ1) is 12.8. The minimum Gasteiger partial charge on any atom is -0.481 e. The molecule has 3 N–H and O–H groups in total. The summed E-state index contributed by atoms with van der Waals surface area (Å²) in [6, 6.07) is 11.2. The van der Waals surface area contributed by atoms with Gasteiger partial charge in [-0.3, -0.25) is 5.43 Å². The average Bonchev–Trinajstić information content (AvgIpc) is 2.60. The lowest BCUT2D eigenvalue weighted by Crippen LogP contribution is -2.24. The Morgan fingerprint density at radius 1 is 1.22 bits per heavy atom. The number of para-hydroxylation sites is 1. The SMILES string of the molecule is O=C(O)COc1ccccc1/C=N\NC(=S)Nc1cccc(C(F)(F)F)c1. The third kappa shape index (κ3) is 6.59. The number of halogens is 3. The molecule has 0 amide bonds. The molecule has 0 fully saturated rings. The molecular weight excluding hydrogens is 383 g/mol. The van der Waals surface area contributed by atoms with Crippen molar-refractivity contribution in [3.05, 3.63) is 59.7 Å². The van der Waals surface area contributed by atoms with Crippen molar-refractivity contribution in [3.63, 3.8) is 0 Å². The van der Waals surface area contributed by atoms with Crippen molar-refractivity contribution in [1.82, 2.24) is 5.43 Å². The number of rotatable bonds is 6. The highest BCUT2D eigenvalue weighted by Gasteiger charge is 2.30. The van der Waals surface area contributed by atoms with E-state index in [2.05, 4.69) is 15.8 Å². The topological polar surface area (TPSA) is 83.0 Å². The summed E-state index contributed by atoms with van der Waals surface area (Å²) in [5.41, 5.74) is 2.31. The minimum absolute atomic E-state index is 0.0190. The van der Waals surface area contributed by atoms with Crippen LogP contribution in [0.1, 0.15) is 11.1 Å². The molecule has 0 heterocycles. The zero-order chi connectivity index (χ0) is 19.9. The molecular formula is C17H14F3N3O3S. The number of alkyl halides is 3. The first-order valence-electron chi connectivity index (χ1n) is 7.46. The van der Waals surface area contributed by atoms with E-state index >= 15 is 0 Å². The summed E-state index contributed by atoms with van der Waals surface area (Å²) >= 11 is 4.98. The molecule has 0 aliphatic carbocycles. The molecule has 0 radical (unpaired) electrons. The molecule has 27 heavy (non-hydrogen) atoms. The van der Waals surface area contributed by atoms with Crippen LogP contribution in [-0.4, -0.2) is 29.0 Å². The van der Waals surface area contributed by atoms with Crippen molar-refractivity contribution in [3.8, 4) is 5.75 Å². The molecule has 0 unspecified atom stereocenters. The first kappa shape index (κ1) is 20.2. The highest BCUT2D eigenvalue weighted by molar-refractivity contribution is 7.80. The van der Waals surface area contributed by atoms with Gasteiger partial charge in [0.1, 0.15) is 5.75 Å². The summed E-state index contributed by atoms with van der Waals surface area (Å²) in [6.07, 6.45) is -3.11. The molecule has 0 aliphatic rings. The van der Waals surface area contributed by atoms with E-state index in [1.54, 1.807) is 24.3 Å². The average molecular weight is 397 g/mol. The molecule has 2 aromatic rings. The first-order valence-corrected chi connectivity index (χ1v) is 7.87. The van der Waals surface area contributed by atoms with Gasteiger partial charge in [0.2, 0.25) is 0 Å². The lowest BCUT2D eigenvalue weighted by Gasteiger charge is -2.11. The number of hydrazone groups is 1. The van der Waals surface area contributed by atoms with Crippen molar-refractivity contribution >= 4 is 35.2 Å². The van der Waals surface area contributed by atoms with Crippen molar-refractivity contribution in [2.75, 3.05) is 11.9 Å². The van der Waals surface area contributed by atoms with Crippen molar-refractivity contribution in [1.29, 1.82) is 0 Å². The highest BCUT2D eigenvalue weighted by atomic mass is 32.1. The Balaban J connectivity index is 1.97. The van der Waals surface area contributed by atoms with Crippen LogP contribution in [-0.2, 0) is 11.0 Å². The van der Waals surface area contributed by atoms with Crippen LogP contribution in [0.4, 0.5) is 18.9 Å². The van der Waals surface area contributed by atoms with Gasteiger partial charge in [0.15, 0.2) is 11.7 Å². The number of thiocarbonyl (C=S) groups is 1. The fourth-order valence-electron chi connectivity index (χ4n) is 1.95. The van der Waals surface area contributed by atoms with E-state index in [0.717, 1.165) is 12.1 Å². The second-order valence-corrected chi connectivity index (χ2v) is 5.53. The normalized spacial score (nSPS) is 11.2. The van der Waals surface area contributed by atoms with E-state index in [1.165, 1.54) is 18.3 Å². The zero-order valence-corrected chi connectivity index (χ0v) is 14.5. The van der Waals surface area contributed by atoms with E-state index in [-0.39, 0.29) is 10.8 Å². The Hall–Kier alpha value is -3.14. The minimum atomic E-state index is -4.45. The third-order valence-corrected chi connectivity index (χ3v) is 3.28. The van der Waals surface area contributed by atoms with E-state index in [9.17, 15) is 18.0 Å². The maximum absolute atomic E-state index is 12.7. The molecule has 2 aromatic carbocycles. The summed E-state index contributed by atoms with van der Waals surface area (Å²) in [7, 11) is 0. The number of nitrogens with zero attached hydrogens (tertiary/aromatic N) is 1. The second kappa shape index (κ2) is 8.99. The highest BCUT2D eigenvalue weighted by Crippen LogP contribution is 2.30. The quantitative estimate of drug-likeness (QED) is 0.393. The van der Waals surface area contributed by atoms with Gasteiger partial charge < -0.3 is 15.2 Å². The largest absolute Gasteiger partial charge is 0.481 e. The summed E-state index contributed by atoms with van der Waals surface area (Å²) < 4.78 is 43.2. The smallest absolute Gasteiger partial charge is 0.416 e. The molecule has 6 nitrogen and oxygen atoms in total. The predicted octanol–water partition coefficient (Wildman–Crippen LogP) is 3.49. The van der Waals surface area contributed by atoms with Gasteiger partial charge in [-0.15, -0.1) is 0 Å². The van der Waals surface area contributed by atoms with E-state index in [0.29, 0.717) is 11.3 Å². The van der Waals surface area contributed by atoms with Crippen molar-refractivity contribution in [2.24, 2.45) is 5.10 Å². The van der Waals surface area contributed by atoms with Gasteiger partial charge >= 0.3 is 12.1 Å². The summed E-state index contributed by atoms with van der Waals surface area (Å²) in [4.78, 5) is 10.6. The number of ether oxygens (including phenoxy) is 1. The lowest BCUT2D eigenvalue weighted by molar-refractivity contribution is -0.139. The molecule has 10 heteroatoms. The number of benzene rings is 2. The molecule has 0 atom stereocenters. The number of nitrogens with one attached hydrogen (secondary N) is 2. The van der Waals surface area contributed by atoms with Gasteiger partial charge in [0.25, 0.3) is 0 Å². The molecule has 0 spiro atoms. The zero-order valence-electron chi connectivity index (χ0n) is 13.7. The summed E-state index contributed by atoms with van der Waals surface area (Å²) in [5.74, 6) is -0.812. The number of carbonyl (C=O) groups is 1. The van der Waals surface area contributed by atoms with Gasteiger partial charge in [0.05, 0.1) is 11.8 Å². The molecule has 0 aromatic heterocycles. The van der Waals surface area contributed by atoms with E-state index < -0.39 is 24.3 Å². The van der Waals surface area contributed by atoms with Crippen LogP contribution in [0.15, 0.2) is 53.6 Å². The molecule has 142 valence electrons. The number of carboxylic acids is 1. The van der Waals surface area contributed by atoms with Crippen LogP contribution >= 0.6 is 12.2 Å². The van der Waals surface area contributed by atoms with Gasteiger partial charge in [-0.05, 0) is 42.5 Å². The monoisotopic (exact) mass is 397 g/mol. The Bertz CT molecular complexity index is 857. The Labute approximate surface area is 157 Å². The standard InChI is InChI=1S/C17H14F3N3O3S/c18-17(19,20)12-5-3-6-13(8-12)22-16(27)23-21-9-11-4-1-2-7-14(11)26-10-15(24)25/h1-9H,10H2,(H,24,25)(H2,22,23,27)/b21-9-. The van der Waals surface area contributed by atoms with E-state index in [1.807, 2.05) is 0 Å². The van der Waals surface area contributed by atoms with Gasteiger partial charge in [-0.1, -0.05) is 18.2 Å². The van der Waals surface area contributed by atoms with Gasteiger partial charge in [-0.25, -0.2) is 4.79 Å². The molecule has 0 saturated heterocycles. The van der Waals surface area contributed by atoms with Gasteiger partial charge in [-0.2, -0.15) is 18.3 Å². The summed E-state index contributed by atoms with van der Waals surface area (Å²) in [6.45, 7) is -0.506. The molecule has 0 aliphatic heterocycles. The van der Waals surface area contributed by atoms with Crippen molar-refractivity contribution < 1.29 is 27.8 Å².